The maximum absolute atomic E-state index is 14.1. The number of benzene rings is 2. The Kier molecular flexibility index (Phi) is 15.2. The van der Waals surface area contributed by atoms with Gasteiger partial charge in [-0.1, -0.05) is 49.4 Å². The van der Waals surface area contributed by atoms with Crippen molar-refractivity contribution in [1.82, 2.24) is 36.4 Å². The number of nitrogens with zero attached hydrogens (tertiary/aromatic N) is 3. The first kappa shape index (κ1) is 42.1. The predicted octanol–water partition coefficient (Wildman–Crippen LogP) is 0.381. The second-order valence-electron chi connectivity index (χ2n) is 15.1. The largest absolute Gasteiger partial charge is 0.391 e. The van der Waals surface area contributed by atoms with Crippen LogP contribution in [-0.4, -0.2) is 132 Å². The van der Waals surface area contributed by atoms with E-state index in [9.17, 15) is 33.9 Å². The first-order valence-corrected chi connectivity index (χ1v) is 20.0. The van der Waals surface area contributed by atoms with E-state index in [0.29, 0.717) is 51.9 Å². The SMILES string of the molecule is CC[C@@H]1NC(=O)[C@@H](NC(=O)CN2CCN(c3cccc(C)c3)CC2)CCCCNC(=O)[C@@H]2CCCN2C(=O)[C@@H](Cc2ccccc2)NC(=O)[C@H]([C@@H](C)O)NC1=O. The minimum Gasteiger partial charge on any atom is -0.391 e. The molecule has 3 aliphatic rings. The van der Waals surface area contributed by atoms with Crippen LogP contribution in [0.4, 0.5) is 5.69 Å². The van der Waals surface area contributed by atoms with Gasteiger partial charge in [0.05, 0.1) is 12.6 Å². The van der Waals surface area contributed by atoms with Gasteiger partial charge >= 0.3 is 0 Å². The molecule has 0 aliphatic carbocycles. The average molecular weight is 775 g/mol. The van der Waals surface area contributed by atoms with Gasteiger partial charge in [0.15, 0.2) is 0 Å². The van der Waals surface area contributed by atoms with Crippen LogP contribution in [0.2, 0.25) is 0 Å². The number of fused-ring (bicyclic) bond motifs is 1. The predicted molar refractivity (Wildman–Crippen MR) is 211 cm³/mol. The highest BCUT2D eigenvalue weighted by molar-refractivity contribution is 5.97. The van der Waals surface area contributed by atoms with E-state index in [2.05, 4.69) is 56.6 Å². The van der Waals surface area contributed by atoms with Crippen LogP contribution in [0.5, 0.6) is 0 Å². The zero-order valence-electron chi connectivity index (χ0n) is 32.8. The molecule has 3 saturated heterocycles. The van der Waals surface area contributed by atoms with Crippen molar-refractivity contribution in [3.8, 4) is 0 Å². The molecule has 3 heterocycles. The molecule has 0 unspecified atom stereocenters. The molecule has 0 aromatic heterocycles. The Morgan fingerprint density at radius 1 is 0.821 bits per heavy atom. The van der Waals surface area contributed by atoms with E-state index in [1.165, 1.54) is 17.4 Å². The molecule has 2 aromatic rings. The minimum atomic E-state index is -1.46. The van der Waals surface area contributed by atoms with E-state index in [-0.39, 0.29) is 37.6 Å². The lowest BCUT2D eigenvalue weighted by Gasteiger charge is -2.36. The second-order valence-corrected chi connectivity index (χ2v) is 15.1. The van der Waals surface area contributed by atoms with Gasteiger partial charge in [-0.15, -0.1) is 0 Å². The lowest BCUT2D eigenvalue weighted by Crippen LogP contribution is -2.61. The summed E-state index contributed by atoms with van der Waals surface area (Å²) in [5, 5.41) is 24.6. The van der Waals surface area contributed by atoms with Gasteiger partial charge in [0.1, 0.15) is 30.2 Å². The standard InChI is InChI=1S/C41H58N8O7/c1-4-31-37(52)46-36(28(3)50)40(55)45-33(25-29-13-6-5-7-14-29)41(56)49-19-11-17-34(49)39(54)42-18-9-8-16-32(38(53)44-31)43-35(51)26-47-20-22-48(23-21-47)30-15-10-12-27(2)24-30/h5-7,10,12-15,24,28,31-34,36,50H,4,8-9,11,16-23,25-26H2,1-3H3,(H,42,54)(H,43,51)(H,44,53)(H,45,55)(H,46,52)/t28-,31+,32+,33-,34+,36+/m1/s1. The number of aliphatic hydroxyl groups excluding tert-OH is 1. The summed E-state index contributed by atoms with van der Waals surface area (Å²) in [4.78, 5) is 87.8. The summed E-state index contributed by atoms with van der Waals surface area (Å²) in [6.45, 7) is 8.70. The highest BCUT2D eigenvalue weighted by Gasteiger charge is 2.39. The van der Waals surface area contributed by atoms with E-state index < -0.39 is 59.9 Å². The summed E-state index contributed by atoms with van der Waals surface area (Å²) < 4.78 is 0. The lowest BCUT2D eigenvalue weighted by atomic mass is 10.0. The van der Waals surface area contributed by atoms with Crippen LogP contribution in [0.3, 0.4) is 0 Å². The molecule has 6 N–H and O–H groups in total. The van der Waals surface area contributed by atoms with Crippen molar-refractivity contribution in [2.24, 2.45) is 0 Å². The molecule has 6 atom stereocenters. The molecule has 0 saturated carbocycles. The molecule has 304 valence electrons. The van der Waals surface area contributed by atoms with Crippen molar-refractivity contribution in [3.63, 3.8) is 0 Å². The Balaban J connectivity index is 1.29. The van der Waals surface area contributed by atoms with Crippen molar-refractivity contribution in [1.29, 1.82) is 0 Å². The Bertz CT molecular complexity index is 1680. The number of hydrogen-bond acceptors (Lipinski definition) is 9. The van der Waals surface area contributed by atoms with E-state index in [1.807, 2.05) is 41.3 Å². The van der Waals surface area contributed by atoms with Crippen LogP contribution in [0, 0.1) is 6.92 Å². The molecular weight excluding hydrogens is 717 g/mol. The molecule has 3 aliphatic heterocycles. The Morgan fingerprint density at radius 3 is 2.25 bits per heavy atom. The number of piperazine rings is 1. The molecule has 2 aromatic carbocycles. The Morgan fingerprint density at radius 2 is 1.55 bits per heavy atom. The van der Waals surface area contributed by atoms with Crippen LogP contribution in [0.1, 0.15) is 63.5 Å². The summed E-state index contributed by atoms with van der Waals surface area (Å²) in [5.74, 6) is -3.09. The average Bonchev–Trinajstić information content (AvgIpc) is 3.68. The first-order chi connectivity index (χ1) is 26.9. The van der Waals surface area contributed by atoms with Gasteiger partial charge < -0.3 is 41.5 Å². The summed E-state index contributed by atoms with van der Waals surface area (Å²) in [6.07, 6.45) is 1.24. The van der Waals surface area contributed by atoms with Crippen molar-refractivity contribution in [2.45, 2.75) is 102 Å². The molecule has 15 nitrogen and oxygen atoms in total. The van der Waals surface area contributed by atoms with Crippen molar-refractivity contribution >= 4 is 41.1 Å². The zero-order chi connectivity index (χ0) is 40.2. The summed E-state index contributed by atoms with van der Waals surface area (Å²) >= 11 is 0. The third-order valence-corrected chi connectivity index (χ3v) is 10.8. The van der Waals surface area contributed by atoms with Crippen LogP contribution in [-0.2, 0) is 35.2 Å². The lowest BCUT2D eigenvalue weighted by molar-refractivity contribution is -0.142. The molecule has 6 amide bonds. The van der Waals surface area contributed by atoms with E-state index in [1.54, 1.807) is 6.92 Å². The summed E-state index contributed by atoms with van der Waals surface area (Å²) in [5.41, 5.74) is 3.10. The molecule has 3 fully saturated rings. The smallest absolute Gasteiger partial charge is 0.246 e. The Hall–Kier alpha value is -5.02. The molecule has 0 spiro atoms. The minimum absolute atomic E-state index is 0.103. The highest BCUT2D eigenvalue weighted by Crippen LogP contribution is 2.21. The first-order valence-electron chi connectivity index (χ1n) is 20.0. The van der Waals surface area contributed by atoms with Gasteiger partial charge in [0.2, 0.25) is 35.4 Å². The molecule has 0 bridgehead atoms. The Labute approximate surface area is 329 Å². The van der Waals surface area contributed by atoms with Gasteiger partial charge in [0, 0.05) is 51.4 Å². The van der Waals surface area contributed by atoms with Gasteiger partial charge in [-0.3, -0.25) is 33.7 Å². The molecule has 56 heavy (non-hydrogen) atoms. The van der Waals surface area contributed by atoms with Gasteiger partial charge in [-0.25, -0.2) is 0 Å². The van der Waals surface area contributed by atoms with Crippen LogP contribution in [0.25, 0.3) is 0 Å². The van der Waals surface area contributed by atoms with Gasteiger partial charge in [-0.05, 0) is 75.6 Å². The number of rotatable bonds is 8. The third-order valence-electron chi connectivity index (χ3n) is 10.8. The number of amides is 6. The van der Waals surface area contributed by atoms with E-state index >= 15 is 0 Å². The van der Waals surface area contributed by atoms with E-state index in [4.69, 9.17) is 0 Å². The fourth-order valence-corrected chi connectivity index (χ4v) is 7.60. The fraction of sp³-hybridized carbons (Fsp3) is 0.561. The van der Waals surface area contributed by atoms with Crippen LogP contribution < -0.4 is 31.5 Å². The van der Waals surface area contributed by atoms with E-state index in [0.717, 1.165) is 24.3 Å². The number of aliphatic hydroxyl groups is 1. The number of hydrogen-bond donors (Lipinski definition) is 6. The zero-order valence-corrected chi connectivity index (χ0v) is 32.8. The summed E-state index contributed by atoms with van der Waals surface area (Å²) in [6, 6.07) is 12.1. The maximum Gasteiger partial charge on any atom is 0.246 e. The maximum atomic E-state index is 14.1. The molecule has 0 radical (unpaired) electrons. The number of carbonyl (C=O) groups excluding carboxylic acids is 6. The normalized spacial score (nSPS) is 25.7. The number of anilines is 1. The molecule has 5 rings (SSSR count). The second kappa shape index (κ2) is 20.2. The highest BCUT2D eigenvalue weighted by atomic mass is 16.3. The van der Waals surface area contributed by atoms with Crippen molar-refractivity contribution in [3.05, 3.63) is 65.7 Å². The van der Waals surface area contributed by atoms with Gasteiger partial charge in [-0.2, -0.15) is 0 Å². The summed E-state index contributed by atoms with van der Waals surface area (Å²) in [7, 11) is 0. The quantitative estimate of drug-likeness (QED) is 0.220. The van der Waals surface area contributed by atoms with Crippen molar-refractivity contribution < 1.29 is 33.9 Å². The molecule has 15 heteroatoms. The van der Waals surface area contributed by atoms with Crippen molar-refractivity contribution in [2.75, 3.05) is 50.7 Å². The van der Waals surface area contributed by atoms with Crippen LogP contribution in [0.15, 0.2) is 54.6 Å². The number of carbonyl (C=O) groups is 6. The third kappa shape index (κ3) is 11.5. The fourth-order valence-electron chi connectivity index (χ4n) is 7.60. The molecular formula is C41H58N8O7. The number of aryl methyl sites for hydroxylation is 1. The number of nitrogens with one attached hydrogen (secondary N) is 5. The topological polar surface area (TPSA) is 193 Å². The van der Waals surface area contributed by atoms with Gasteiger partial charge in [0.25, 0.3) is 0 Å². The monoisotopic (exact) mass is 774 g/mol. The van der Waals surface area contributed by atoms with Crippen LogP contribution >= 0.6 is 0 Å².